The van der Waals surface area contributed by atoms with Crippen LogP contribution >= 0.6 is 11.3 Å². The minimum absolute atomic E-state index is 0.00371. The lowest BCUT2D eigenvalue weighted by Gasteiger charge is -2.13. The highest BCUT2D eigenvalue weighted by Gasteiger charge is 2.15. The van der Waals surface area contributed by atoms with E-state index >= 15 is 0 Å². The number of nitrogens with zero attached hydrogens (tertiary/aromatic N) is 4. The van der Waals surface area contributed by atoms with E-state index in [9.17, 15) is 10.1 Å². The van der Waals surface area contributed by atoms with Crippen molar-refractivity contribution >= 4 is 28.5 Å². The molecular formula is C25H21N5OS. The predicted octanol–water partition coefficient (Wildman–Crippen LogP) is 5.08. The van der Waals surface area contributed by atoms with Gasteiger partial charge >= 0.3 is 0 Å². The largest absolute Gasteiger partial charge is 0.317 e. The van der Waals surface area contributed by atoms with Crippen LogP contribution in [0.2, 0.25) is 0 Å². The van der Waals surface area contributed by atoms with Gasteiger partial charge in [-0.15, -0.1) is 10.2 Å². The topological polar surface area (TPSA) is 83.6 Å². The molecule has 4 aromatic rings. The number of amides is 1. The van der Waals surface area contributed by atoms with Crippen LogP contribution in [0.3, 0.4) is 0 Å². The summed E-state index contributed by atoms with van der Waals surface area (Å²) in [6, 6.07) is 21.8. The van der Waals surface area contributed by atoms with Gasteiger partial charge in [0, 0.05) is 18.3 Å². The van der Waals surface area contributed by atoms with Gasteiger partial charge in [0.15, 0.2) is 0 Å². The summed E-state index contributed by atoms with van der Waals surface area (Å²) in [5, 5.41) is 21.7. The molecule has 0 saturated heterocycles. The van der Waals surface area contributed by atoms with Gasteiger partial charge < -0.3 is 4.57 Å². The fourth-order valence-corrected chi connectivity index (χ4v) is 4.28. The third-order valence-electron chi connectivity index (χ3n) is 5.00. The molecule has 1 N–H and O–H groups in total. The molecule has 0 fully saturated rings. The molecule has 32 heavy (non-hydrogen) atoms. The fraction of sp³-hybridized carbons (Fsp3) is 0.120. The van der Waals surface area contributed by atoms with Gasteiger partial charge in [-0.05, 0) is 48.7 Å². The molecule has 0 aliphatic rings. The number of hydrogen-bond donors (Lipinski definition) is 1. The lowest BCUT2D eigenvalue weighted by Crippen LogP contribution is -2.13. The Bertz CT molecular complexity index is 1310. The third kappa shape index (κ3) is 4.66. The molecule has 4 rings (SSSR count). The van der Waals surface area contributed by atoms with E-state index in [1.165, 1.54) is 11.3 Å². The van der Waals surface area contributed by atoms with E-state index in [0.29, 0.717) is 11.6 Å². The summed E-state index contributed by atoms with van der Waals surface area (Å²) in [7, 11) is 0. The smallest absolute Gasteiger partial charge is 0.268 e. The molecule has 0 aliphatic heterocycles. The Morgan fingerprint density at radius 1 is 1.06 bits per heavy atom. The van der Waals surface area contributed by atoms with Crippen molar-refractivity contribution in [2.45, 2.75) is 20.3 Å². The molecule has 0 aliphatic carbocycles. The van der Waals surface area contributed by atoms with Crippen molar-refractivity contribution in [3.63, 3.8) is 0 Å². The second-order valence-corrected chi connectivity index (χ2v) is 8.39. The molecule has 158 valence electrons. The Labute approximate surface area is 190 Å². The van der Waals surface area contributed by atoms with E-state index in [1.807, 2.05) is 91.3 Å². The van der Waals surface area contributed by atoms with Gasteiger partial charge in [-0.25, -0.2) is 0 Å². The highest BCUT2D eigenvalue weighted by molar-refractivity contribution is 7.15. The summed E-state index contributed by atoms with van der Waals surface area (Å²) in [5.74, 6) is -0.510. The molecule has 0 atom stereocenters. The van der Waals surface area contributed by atoms with Crippen molar-refractivity contribution in [3.8, 4) is 11.8 Å². The number of rotatable bonds is 6. The minimum Gasteiger partial charge on any atom is -0.317 e. The van der Waals surface area contributed by atoms with E-state index < -0.39 is 5.91 Å². The molecule has 2 aromatic carbocycles. The number of hydrogen-bond acceptors (Lipinski definition) is 5. The van der Waals surface area contributed by atoms with Crippen LogP contribution in [-0.4, -0.2) is 20.7 Å². The first-order chi connectivity index (χ1) is 15.5. The summed E-state index contributed by atoms with van der Waals surface area (Å²) in [4.78, 5) is 12.7. The molecule has 0 saturated carbocycles. The predicted molar refractivity (Wildman–Crippen MR) is 127 cm³/mol. The van der Waals surface area contributed by atoms with Gasteiger partial charge in [0.1, 0.15) is 16.6 Å². The summed E-state index contributed by atoms with van der Waals surface area (Å²) >= 11 is 1.30. The quantitative estimate of drug-likeness (QED) is 0.335. The fourth-order valence-electron chi connectivity index (χ4n) is 3.51. The van der Waals surface area contributed by atoms with E-state index in [-0.39, 0.29) is 5.57 Å². The molecule has 2 aromatic heterocycles. The van der Waals surface area contributed by atoms with Crippen LogP contribution < -0.4 is 5.32 Å². The lowest BCUT2D eigenvalue weighted by atomic mass is 10.1. The highest BCUT2D eigenvalue weighted by Crippen LogP contribution is 2.23. The van der Waals surface area contributed by atoms with E-state index in [1.54, 1.807) is 6.08 Å². The van der Waals surface area contributed by atoms with Crippen LogP contribution in [0.4, 0.5) is 5.13 Å². The van der Waals surface area contributed by atoms with Crippen LogP contribution in [0.25, 0.3) is 11.8 Å². The first kappa shape index (κ1) is 21.2. The highest BCUT2D eigenvalue weighted by atomic mass is 32.1. The Morgan fingerprint density at radius 3 is 2.53 bits per heavy atom. The molecule has 0 bridgehead atoms. The van der Waals surface area contributed by atoms with Crippen molar-refractivity contribution in [1.29, 1.82) is 5.26 Å². The molecule has 0 radical (unpaired) electrons. The summed E-state index contributed by atoms with van der Waals surface area (Å²) in [6.45, 7) is 4.08. The van der Waals surface area contributed by atoms with Crippen molar-refractivity contribution in [2.24, 2.45) is 0 Å². The summed E-state index contributed by atoms with van der Waals surface area (Å²) < 4.78 is 1.98. The molecule has 7 heteroatoms. The van der Waals surface area contributed by atoms with Gasteiger partial charge in [-0.2, -0.15) is 5.26 Å². The SMILES string of the molecule is Cc1cccc(C)c1-n1cccc1/C=C(/C#N)C(=O)Nc1nnc(Cc2ccccc2)s1. The second kappa shape index (κ2) is 9.41. The maximum Gasteiger partial charge on any atom is 0.268 e. The Balaban J connectivity index is 1.54. The van der Waals surface area contributed by atoms with Crippen LogP contribution in [0.5, 0.6) is 0 Å². The van der Waals surface area contributed by atoms with Gasteiger partial charge in [0.2, 0.25) is 5.13 Å². The van der Waals surface area contributed by atoms with Crippen molar-refractivity contribution < 1.29 is 4.79 Å². The molecular weight excluding hydrogens is 418 g/mol. The molecule has 2 heterocycles. The number of anilines is 1. The lowest BCUT2D eigenvalue weighted by molar-refractivity contribution is -0.112. The maximum absolute atomic E-state index is 12.7. The number of aromatic nitrogens is 3. The molecule has 6 nitrogen and oxygen atoms in total. The van der Waals surface area contributed by atoms with Crippen molar-refractivity contribution in [1.82, 2.24) is 14.8 Å². The Kier molecular flexibility index (Phi) is 6.24. The molecule has 1 amide bonds. The third-order valence-corrected chi connectivity index (χ3v) is 5.84. The van der Waals surface area contributed by atoms with Crippen molar-refractivity contribution in [2.75, 3.05) is 5.32 Å². The average Bonchev–Trinajstić information content (AvgIpc) is 3.42. The second-order valence-electron chi connectivity index (χ2n) is 7.33. The zero-order valence-electron chi connectivity index (χ0n) is 17.7. The van der Waals surface area contributed by atoms with Gasteiger partial charge in [0.05, 0.1) is 5.69 Å². The van der Waals surface area contributed by atoms with Gasteiger partial charge in [0.25, 0.3) is 5.91 Å². The van der Waals surface area contributed by atoms with Crippen molar-refractivity contribution in [3.05, 3.63) is 99.8 Å². The normalized spacial score (nSPS) is 11.2. The van der Waals surface area contributed by atoms with E-state index in [2.05, 4.69) is 15.5 Å². The zero-order chi connectivity index (χ0) is 22.5. The number of para-hydroxylation sites is 1. The first-order valence-corrected chi connectivity index (χ1v) is 10.9. The van der Waals surface area contributed by atoms with E-state index in [4.69, 9.17) is 0 Å². The monoisotopic (exact) mass is 439 g/mol. The van der Waals surface area contributed by atoms with Crippen LogP contribution in [-0.2, 0) is 11.2 Å². The Hall–Kier alpha value is -4.02. The van der Waals surface area contributed by atoms with Crippen LogP contribution in [0.1, 0.15) is 27.4 Å². The van der Waals surface area contributed by atoms with Crippen LogP contribution in [0.15, 0.2) is 72.4 Å². The number of aryl methyl sites for hydroxylation is 2. The number of nitrogens with one attached hydrogen (secondary N) is 1. The number of carbonyl (C=O) groups is 1. The summed E-state index contributed by atoms with van der Waals surface area (Å²) in [5.41, 5.74) is 5.12. The van der Waals surface area contributed by atoms with Crippen LogP contribution in [0, 0.1) is 25.2 Å². The zero-order valence-corrected chi connectivity index (χ0v) is 18.6. The molecule has 0 spiro atoms. The number of nitriles is 1. The Morgan fingerprint density at radius 2 is 1.81 bits per heavy atom. The average molecular weight is 440 g/mol. The number of benzene rings is 2. The minimum atomic E-state index is -0.510. The molecule has 0 unspecified atom stereocenters. The first-order valence-electron chi connectivity index (χ1n) is 10.1. The van der Waals surface area contributed by atoms with E-state index in [0.717, 1.165) is 33.1 Å². The summed E-state index contributed by atoms with van der Waals surface area (Å²) in [6.07, 6.45) is 4.15. The standard InChI is InChI=1S/C25H21N5OS/c1-17-8-6-9-18(2)23(17)30-13-7-12-21(30)15-20(16-26)24(31)27-25-29-28-22(32-25)14-19-10-4-3-5-11-19/h3-13,15H,14H2,1-2H3,(H,27,29,31)/b20-15-. The maximum atomic E-state index is 12.7. The van der Waals surface area contributed by atoms with Gasteiger partial charge in [-0.3, -0.25) is 10.1 Å². The number of carbonyl (C=O) groups excluding carboxylic acids is 1. The van der Waals surface area contributed by atoms with Gasteiger partial charge in [-0.1, -0.05) is 59.9 Å².